The summed E-state index contributed by atoms with van der Waals surface area (Å²) in [7, 11) is 0. The number of hydrogen-bond donors (Lipinski definition) is 1. The van der Waals surface area contributed by atoms with Crippen molar-refractivity contribution in [2.24, 2.45) is 17.1 Å². The molecule has 3 nitrogen and oxygen atoms in total. The van der Waals surface area contributed by atoms with E-state index in [4.69, 9.17) is 5.73 Å². The van der Waals surface area contributed by atoms with Crippen LogP contribution in [0.1, 0.15) is 34.1 Å². The van der Waals surface area contributed by atoms with E-state index in [1.54, 1.807) is 0 Å². The van der Waals surface area contributed by atoms with Gasteiger partial charge in [0.1, 0.15) is 0 Å². The number of likely N-dealkylation sites (tertiary alicyclic amines) is 1. The van der Waals surface area contributed by atoms with Crippen molar-refractivity contribution in [2.45, 2.75) is 40.2 Å². The molecule has 0 aromatic heterocycles. The van der Waals surface area contributed by atoms with Gasteiger partial charge in [-0.1, -0.05) is 27.7 Å². The lowest BCUT2D eigenvalue weighted by Gasteiger charge is -2.42. The van der Waals surface area contributed by atoms with Crippen LogP contribution in [-0.2, 0) is 4.79 Å². The van der Waals surface area contributed by atoms with Crippen LogP contribution < -0.4 is 5.73 Å². The molecule has 0 saturated carbocycles. The number of hydrogen-bond acceptors (Lipinski definition) is 2. The maximum atomic E-state index is 11.7. The summed E-state index contributed by atoms with van der Waals surface area (Å²) < 4.78 is 0. The van der Waals surface area contributed by atoms with Crippen LogP contribution in [0.3, 0.4) is 0 Å². The van der Waals surface area contributed by atoms with Crippen LogP contribution in [0.15, 0.2) is 0 Å². The van der Waals surface area contributed by atoms with Gasteiger partial charge < -0.3 is 10.6 Å². The largest absolute Gasteiger partial charge is 0.341 e. The minimum Gasteiger partial charge on any atom is -0.341 e. The van der Waals surface area contributed by atoms with E-state index in [2.05, 4.69) is 13.8 Å². The first-order valence-electron chi connectivity index (χ1n) is 5.39. The van der Waals surface area contributed by atoms with E-state index >= 15 is 0 Å². The van der Waals surface area contributed by atoms with Crippen molar-refractivity contribution in [3.63, 3.8) is 0 Å². The molecule has 0 bridgehead atoms. The summed E-state index contributed by atoms with van der Waals surface area (Å²) in [5, 5.41) is 0. The highest BCUT2D eigenvalue weighted by Gasteiger charge is 2.35. The summed E-state index contributed by atoms with van der Waals surface area (Å²) in [4.78, 5) is 13.6. The summed E-state index contributed by atoms with van der Waals surface area (Å²) in [5.74, 6) is 0.319. The van der Waals surface area contributed by atoms with Crippen molar-refractivity contribution in [2.75, 3.05) is 13.1 Å². The Hall–Kier alpha value is -0.570. The third-order valence-corrected chi connectivity index (χ3v) is 3.25. The minimum absolute atomic E-state index is 0.0865. The Bertz CT molecular complexity index is 223. The highest BCUT2D eigenvalue weighted by molar-refractivity contribution is 5.78. The molecule has 1 rings (SSSR count). The zero-order chi connectivity index (χ0) is 10.9. The molecule has 1 atom stereocenters. The second-order valence-corrected chi connectivity index (χ2v) is 5.28. The Balaban J connectivity index is 2.59. The smallest absolute Gasteiger partial charge is 0.225 e. The van der Waals surface area contributed by atoms with Crippen molar-refractivity contribution in [3.8, 4) is 0 Å². The van der Waals surface area contributed by atoms with E-state index in [9.17, 15) is 4.79 Å². The highest BCUT2D eigenvalue weighted by atomic mass is 16.2. The van der Waals surface area contributed by atoms with Crippen LogP contribution >= 0.6 is 0 Å². The summed E-state index contributed by atoms with van der Waals surface area (Å²) in [6, 6.07) is 0.110. The van der Waals surface area contributed by atoms with Gasteiger partial charge in [-0.3, -0.25) is 4.79 Å². The zero-order valence-corrected chi connectivity index (χ0v) is 9.71. The van der Waals surface area contributed by atoms with Gasteiger partial charge in [0.2, 0.25) is 5.91 Å². The predicted molar refractivity (Wildman–Crippen MR) is 57.8 cm³/mol. The van der Waals surface area contributed by atoms with Gasteiger partial charge in [0, 0.05) is 25.0 Å². The Kier molecular flexibility index (Phi) is 3.20. The molecule has 1 fully saturated rings. The average molecular weight is 198 g/mol. The standard InChI is InChI=1S/C11H22N2O/c1-8(2)10(14)13-6-5-11(3,4)9(12)7-13/h8-9H,5-7,12H2,1-4H3. The first kappa shape index (κ1) is 11.5. The van der Waals surface area contributed by atoms with E-state index in [1.165, 1.54) is 0 Å². The van der Waals surface area contributed by atoms with Crippen LogP contribution in [0.5, 0.6) is 0 Å². The van der Waals surface area contributed by atoms with Crippen molar-refractivity contribution in [1.29, 1.82) is 0 Å². The van der Waals surface area contributed by atoms with E-state index in [0.717, 1.165) is 13.0 Å². The number of carbonyl (C=O) groups is 1. The molecule has 1 saturated heterocycles. The molecule has 0 aromatic carbocycles. The maximum Gasteiger partial charge on any atom is 0.225 e. The maximum absolute atomic E-state index is 11.7. The molecule has 0 aliphatic carbocycles. The zero-order valence-electron chi connectivity index (χ0n) is 9.71. The molecule has 0 radical (unpaired) electrons. The topological polar surface area (TPSA) is 46.3 Å². The van der Waals surface area contributed by atoms with Gasteiger partial charge in [-0.2, -0.15) is 0 Å². The number of nitrogens with zero attached hydrogens (tertiary/aromatic N) is 1. The highest BCUT2D eigenvalue weighted by Crippen LogP contribution is 2.29. The molecule has 0 aromatic rings. The summed E-state index contributed by atoms with van der Waals surface area (Å²) in [5.41, 5.74) is 6.22. The quantitative estimate of drug-likeness (QED) is 0.689. The first-order chi connectivity index (χ1) is 6.34. The molecule has 82 valence electrons. The summed E-state index contributed by atoms with van der Waals surface area (Å²) >= 11 is 0. The van der Waals surface area contributed by atoms with Crippen molar-refractivity contribution < 1.29 is 4.79 Å². The second-order valence-electron chi connectivity index (χ2n) is 5.28. The van der Waals surface area contributed by atoms with Crippen molar-refractivity contribution in [3.05, 3.63) is 0 Å². The number of carbonyl (C=O) groups excluding carboxylic acids is 1. The van der Waals surface area contributed by atoms with Crippen LogP contribution in [0.4, 0.5) is 0 Å². The minimum atomic E-state index is 0.0865. The van der Waals surface area contributed by atoms with Gasteiger partial charge >= 0.3 is 0 Å². The second kappa shape index (κ2) is 3.89. The number of piperidine rings is 1. The Morgan fingerprint density at radius 3 is 2.50 bits per heavy atom. The molecule has 0 spiro atoms. The van der Waals surface area contributed by atoms with Gasteiger partial charge in [0.15, 0.2) is 0 Å². The van der Waals surface area contributed by atoms with Gasteiger partial charge in [0.05, 0.1) is 0 Å². The van der Waals surface area contributed by atoms with Crippen molar-refractivity contribution in [1.82, 2.24) is 4.90 Å². The normalized spacial score (nSPS) is 26.7. The van der Waals surface area contributed by atoms with Gasteiger partial charge in [0.25, 0.3) is 0 Å². The van der Waals surface area contributed by atoms with Crippen LogP contribution in [0.25, 0.3) is 0 Å². The molecule has 1 aliphatic heterocycles. The third-order valence-electron chi connectivity index (χ3n) is 3.25. The fourth-order valence-electron chi connectivity index (χ4n) is 1.75. The lowest BCUT2D eigenvalue weighted by atomic mass is 9.78. The van der Waals surface area contributed by atoms with Gasteiger partial charge in [-0.05, 0) is 11.8 Å². The molecular formula is C11H22N2O. The Morgan fingerprint density at radius 1 is 1.50 bits per heavy atom. The van der Waals surface area contributed by atoms with Crippen LogP contribution in [0.2, 0.25) is 0 Å². The van der Waals surface area contributed by atoms with Crippen LogP contribution in [-0.4, -0.2) is 29.9 Å². The number of nitrogens with two attached hydrogens (primary N) is 1. The van der Waals surface area contributed by atoms with E-state index in [-0.39, 0.29) is 23.3 Å². The number of rotatable bonds is 1. The molecular weight excluding hydrogens is 176 g/mol. The average Bonchev–Trinajstić information content (AvgIpc) is 2.08. The molecule has 1 unspecified atom stereocenters. The van der Waals surface area contributed by atoms with E-state index < -0.39 is 0 Å². The molecule has 1 heterocycles. The molecule has 14 heavy (non-hydrogen) atoms. The fraction of sp³-hybridized carbons (Fsp3) is 0.909. The molecule has 1 amide bonds. The molecule has 2 N–H and O–H groups in total. The molecule has 1 aliphatic rings. The third kappa shape index (κ3) is 2.27. The predicted octanol–water partition coefficient (Wildman–Crippen LogP) is 1.23. The van der Waals surface area contributed by atoms with Gasteiger partial charge in [-0.15, -0.1) is 0 Å². The first-order valence-corrected chi connectivity index (χ1v) is 5.39. The lowest BCUT2D eigenvalue weighted by molar-refractivity contribution is -0.137. The summed E-state index contributed by atoms with van der Waals surface area (Å²) in [6.45, 7) is 9.80. The Labute approximate surface area is 86.6 Å². The lowest BCUT2D eigenvalue weighted by Crippen LogP contribution is -2.55. The monoisotopic (exact) mass is 198 g/mol. The fourth-order valence-corrected chi connectivity index (χ4v) is 1.75. The molecule has 3 heteroatoms. The van der Waals surface area contributed by atoms with Crippen LogP contribution in [0, 0.1) is 11.3 Å². The van der Waals surface area contributed by atoms with Gasteiger partial charge in [-0.25, -0.2) is 0 Å². The SMILES string of the molecule is CC(C)C(=O)N1CCC(C)(C)C(N)C1. The Morgan fingerprint density at radius 2 is 2.07 bits per heavy atom. The summed E-state index contributed by atoms with van der Waals surface area (Å²) in [6.07, 6.45) is 1.01. The van der Waals surface area contributed by atoms with E-state index in [1.807, 2.05) is 18.7 Å². The van der Waals surface area contributed by atoms with Crippen molar-refractivity contribution >= 4 is 5.91 Å². The number of amides is 1. The van der Waals surface area contributed by atoms with E-state index in [0.29, 0.717) is 6.54 Å².